The highest BCUT2D eigenvalue weighted by molar-refractivity contribution is 5.99. The quantitative estimate of drug-likeness (QED) is 0.800. The second-order valence-electron chi connectivity index (χ2n) is 5.45. The molecule has 1 heterocycles. The molecule has 0 spiro atoms. The van der Waals surface area contributed by atoms with Crippen molar-refractivity contribution in [2.75, 3.05) is 13.1 Å². The maximum atomic E-state index is 12.9. The molecule has 0 bridgehead atoms. The Morgan fingerprint density at radius 2 is 2.00 bits per heavy atom. The summed E-state index contributed by atoms with van der Waals surface area (Å²) in [5.74, 6) is -6.14. The van der Waals surface area contributed by atoms with Gasteiger partial charge in [-0.3, -0.25) is 9.59 Å². The molecule has 0 radical (unpaired) electrons. The Labute approximate surface area is 135 Å². The Kier molecular flexibility index (Phi) is 5.30. The molecular weight excluding hydrogens is 332 g/mol. The van der Waals surface area contributed by atoms with Crippen molar-refractivity contribution < 1.29 is 32.3 Å². The van der Waals surface area contributed by atoms with Crippen molar-refractivity contribution in [2.45, 2.75) is 31.2 Å². The summed E-state index contributed by atoms with van der Waals surface area (Å²) < 4.78 is 50.0. The smallest absolute Gasteiger partial charge is 0.324 e. The minimum absolute atomic E-state index is 0.0184. The van der Waals surface area contributed by atoms with E-state index < -0.39 is 36.7 Å². The van der Waals surface area contributed by atoms with Crippen molar-refractivity contribution in [3.8, 4) is 5.75 Å². The average molecular weight is 348 g/mol. The number of para-hydroxylation sites is 1. The number of alkyl halides is 4. The van der Waals surface area contributed by atoms with E-state index in [0.29, 0.717) is 6.42 Å². The molecule has 2 amide bonds. The van der Waals surface area contributed by atoms with E-state index in [1.165, 1.54) is 24.3 Å². The van der Waals surface area contributed by atoms with E-state index in [-0.39, 0.29) is 24.3 Å². The molecular formula is C15H16F4N2O3. The monoisotopic (exact) mass is 348 g/mol. The van der Waals surface area contributed by atoms with Gasteiger partial charge < -0.3 is 15.3 Å². The maximum Gasteiger partial charge on any atom is 0.324 e. The van der Waals surface area contributed by atoms with Crippen LogP contribution in [0.2, 0.25) is 0 Å². The summed E-state index contributed by atoms with van der Waals surface area (Å²) in [6, 6.07) is 4.69. The molecule has 2 rings (SSSR count). The molecule has 9 heteroatoms. The van der Waals surface area contributed by atoms with Crippen molar-refractivity contribution in [3.63, 3.8) is 0 Å². The van der Waals surface area contributed by atoms with Gasteiger partial charge in [0.2, 0.25) is 5.91 Å². The van der Waals surface area contributed by atoms with E-state index in [1.54, 1.807) is 5.32 Å². The zero-order chi connectivity index (χ0) is 17.9. The number of nitrogens with zero attached hydrogens (tertiary/aromatic N) is 1. The third-order valence-corrected chi connectivity index (χ3v) is 3.77. The lowest BCUT2D eigenvalue weighted by atomic mass is 10.1. The molecule has 1 aliphatic heterocycles. The molecule has 1 saturated heterocycles. The standard InChI is InChI=1S/C15H16F4N2O3/c16-14(17)15(18,19)8-20-12(23)10-5-3-7-21(10)13(24)9-4-1-2-6-11(9)22/h1-2,4,6,10,14,22H,3,5,7-8H2,(H,20,23)/t10-/m1/s1. The van der Waals surface area contributed by atoms with Crippen LogP contribution in [0.15, 0.2) is 24.3 Å². The second kappa shape index (κ2) is 7.06. The van der Waals surface area contributed by atoms with Gasteiger partial charge in [-0.2, -0.15) is 8.78 Å². The molecule has 1 aliphatic rings. The fourth-order valence-electron chi connectivity index (χ4n) is 2.49. The summed E-state index contributed by atoms with van der Waals surface area (Å²) in [5, 5.41) is 11.5. The Morgan fingerprint density at radius 3 is 2.62 bits per heavy atom. The zero-order valence-electron chi connectivity index (χ0n) is 12.5. The van der Waals surface area contributed by atoms with Crippen LogP contribution in [0.5, 0.6) is 5.75 Å². The van der Waals surface area contributed by atoms with Gasteiger partial charge in [0.05, 0.1) is 12.1 Å². The minimum Gasteiger partial charge on any atom is -0.507 e. The summed E-state index contributed by atoms with van der Waals surface area (Å²) in [7, 11) is 0. The van der Waals surface area contributed by atoms with E-state index in [4.69, 9.17) is 0 Å². The molecule has 132 valence electrons. The van der Waals surface area contributed by atoms with Gasteiger partial charge in [-0.15, -0.1) is 0 Å². The Hall–Kier alpha value is -2.32. The Morgan fingerprint density at radius 1 is 1.33 bits per heavy atom. The molecule has 0 aromatic heterocycles. The van der Waals surface area contributed by atoms with Gasteiger partial charge in [0.25, 0.3) is 5.91 Å². The zero-order valence-corrected chi connectivity index (χ0v) is 12.5. The topological polar surface area (TPSA) is 69.6 Å². The van der Waals surface area contributed by atoms with Gasteiger partial charge >= 0.3 is 12.3 Å². The predicted octanol–water partition coefficient (Wildman–Crippen LogP) is 2.01. The number of phenols is 1. The van der Waals surface area contributed by atoms with E-state index in [9.17, 15) is 32.3 Å². The number of rotatable bonds is 5. The lowest BCUT2D eigenvalue weighted by molar-refractivity contribution is -0.138. The lowest BCUT2D eigenvalue weighted by Crippen LogP contribution is -2.49. The van der Waals surface area contributed by atoms with E-state index in [0.717, 1.165) is 4.90 Å². The fraction of sp³-hybridized carbons (Fsp3) is 0.467. The number of benzene rings is 1. The second-order valence-corrected chi connectivity index (χ2v) is 5.45. The number of likely N-dealkylation sites (tertiary alicyclic amines) is 1. The lowest BCUT2D eigenvalue weighted by Gasteiger charge is -2.25. The molecule has 0 unspecified atom stereocenters. The summed E-state index contributed by atoms with van der Waals surface area (Å²) in [6.45, 7) is -1.30. The number of hydrogen-bond donors (Lipinski definition) is 2. The van der Waals surface area contributed by atoms with E-state index in [2.05, 4.69) is 0 Å². The number of amides is 2. The summed E-state index contributed by atoms with van der Waals surface area (Å²) in [5.41, 5.74) is -0.0184. The number of nitrogens with one attached hydrogen (secondary N) is 1. The van der Waals surface area contributed by atoms with Crippen LogP contribution in [-0.4, -0.2) is 53.3 Å². The largest absolute Gasteiger partial charge is 0.507 e. The van der Waals surface area contributed by atoms with Crippen LogP contribution in [0.3, 0.4) is 0 Å². The van der Waals surface area contributed by atoms with Gasteiger partial charge in [-0.25, -0.2) is 8.78 Å². The first-order chi connectivity index (χ1) is 11.2. The first-order valence-electron chi connectivity index (χ1n) is 7.26. The van der Waals surface area contributed by atoms with Gasteiger partial charge in [0.1, 0.15) is 11.8 Å². The van der Waals surface area contributed by atoms with Gasteiger partial charge in [-0.1, -0.05) is 12.1 Å². The number of aromatic hydroxyl groups is 1. The van der Waals surface area contributed by atoms with Crippen LogP contribution in [0.1, 0.15) is 23.2 Å². The molecule has 1 aromatic rings. The first-order valence-corrected chi connectivity index (χ1v) is 7.26. The third-order valence-electron chi connectivity index (χ3n) is 3.77. The third kappa shape index (κ3) is 3.77. The Bertz CT molecular complexity index is 624. The van der Waals surface area contributed by atoms with Crippen molar-refractivity contribution in [3.05, 3.63) is 29.8 Å². The summed E-state index contributed by atoms with van der Waals surface area (Å²) in [6.07, 6.45) is -3.20. The van der Waals surface area contributed by atoms with Crippen LogP contribution < -0.4 is 5.32 Å². The maximum absolute atomic E-state index is 12.9. The normalized spacial score (nSPS) is 18.0. The number of carbonyl (C=O) groups excluding carboxylic acids is 2. The summed E-state index contributed by atoms with van der Waals surface area (Å²) in [4.78, 5) is 25.6. The molecule has 1 fully saturated rings. The van der Waals surface area contributed by atoms with Crippen LogP contribution in [0.4, 0.5) is 17.6 Å². The Balaban J connectivity index is 2.06. The predicted molar refractivity (Wildman–Crippen MR) is 76.1 cm³/mol. The molecule has 2 N–H and O–H groups in total. The molecule has 5 nitrogen and oxygen atoms in total. The number of carbonyl (C=O) groups is 2. The summed E-state index contributed by atoms with van der Waals surface area (Å²) >= 11 is 0. The highest BCUT2D eigenvalue weighted by Crippen LogP contribution is 2.25. The number of hydrogen-bond acceptors (Lipinski definition) is 3. The minimum atomic E-state index is -4.33. The first kappa shape index (κ1) is 18.0. The molecule has 0 aliphatic carbocycles. The highest BCUT2D eigenvalue weighted by Gasteiger charge is 2.42. The SMILES string of the molecule is O=C(NCC(F)(F)C(F)F)[C@H]1CCCN1C(=O)c1ccccc1O. The average Bonchev–Trinajstić information content (AvgIpc) is 3.02. The van der Waals surface area contributed by atoms with Crippen molar-refractivity contribution in [1.82, 2.24) is 10.2 Å². The number of phenolic OH excluding ortho intramolecular Hbond substituents is 1. The highest BCUT2D eigenvalue weighted by atomic mass is 19.3. The molecule has 24 heavy (non-hydrogen) atoms. The molecule has 1 aromatic carbocycles. The van der Waals surface area contributed by atoms with Crippen LogP contribution in [0, 0.1) is 0 Å². The van der Waals surface area contributed by atoms with Gasteiger partial charge in [0, 0.05) is 6.54 Å². The van der Waals surface area contributed by atoms with Crippen molar-refractivity contribution in [1.29, 1.82) is 0 Å². The van der Waals surface area contributed by atoms with Gasteiger partial charge in [0.15, 0.2) is 0 Å². The van der Waals surface area contributed by atoms with Crippen LogP contribution in [0.25, 0.3) is 0 Å². The van der Waals surface area contributed by atoms with E-state index >= 15 is 0 Å². The van der Waals surface area contributed by atoms with Crippen molar-refractivity contribution in [2.24, 2.45) is 0 Å². The van der Waals surface area contributed by atoms with Crippen LogP contribution >= 0.6 is 0 Å². The number of halogens is 4. The fourth-order valence-corrected chi connectivity index (χ4v) is 2.49. The molecule has 1 atom stereocenters. The molecule has 0 saturated carbocycles. The van der Waals surface area contributed by atoms with Crippen molar-refractivity contribution >= 4 is 11.8 Å². The van der Waals surface area contributed by atoms with Crippen LogP contribution in [-0.2, 0) is 4.79 Å². The van der Waals surface area contributed by atoms with Gasteiger partial charge in [-0.05, 0) is 25.0 Å². The van der Waals surface area contributed by atoms with E-state index in [1.807, 2.05) is 0 Å².